The number of nitrogens with zero attached hydrogens (tertiary/aromatic N) is 1. The zero-order chi connectivity index (χ0) is 13.5. The molecular formula is C16H21NO2. The molecule has 3 nitrogen and oxygen atoms in total. The average Bonchev–Trinajstić information content (AvgIpc) is 2.93. The van der Waals surface area contributed by atoms with E-state index in [0.717, 1.165) is 32.2 Å². The lowest BCUT2D eigenvalue weighted by Crippen LogP contribution is -2.43. The first-order chi connectivity index (χ1) is 9.14. The molecule has 2 heterocycles. The van der Waals surface area contributed by atoms with Gasteiger partial charge in [0.05, 0.1) is 12.1 Å². The van der Waals surface area contributed by atoms with E-state index in [0.29, 0.717) is 0 Å². The molecule has 0 spiro atoms. The Hall–Kier alpha value is -1.35. The number of hydrogen-bond acceptors (Lipinski definition) is 2. The van der Waals surface area contributed by atoms with E-state index in [-0.39, 0.29) is 24.0 Å². The smallest absolute Gasteiger partial charge is 0.226 e. The second-order valence-corrected chi connectivity index (χ2v) is 6.07. The fourth-order valence-corrected chi connectivity index (χ4v) is 3.66. The Kier molecular flexibility index (Phi) is 3.09. The first kappa shape index (κ1) is 12.7. The highest BCUT2D eigenvalue weighted by atomic mass is 16.3. The predicted molar refractivity (Wildman–Crippen MR) is 73.8 cm³/mol. The zero-order valence-corrected chi connectivity index (χ0v) is 11.4. The van der Waals surface area contributed by atoms with Gasteiger partial charge >= 0.3 is 0 Å². The topological polar surface area (TPSA) is 40.5 Å². The quantitative estimate of drug-likeness (QED) is 0.901. The highest BCUT2D eigenvalue weighted by Gasteiger charge is 2.52. The van der Waals surface area contributed by atoms with Crippen LogP contribution in [0.2, 0.25) is 0 Å². The molecule has 0 saturated carbocycles. The van der Waals surface area contributed by atoms with E-state index in [9.17, 15) is 9.90 Å². The van der Waals surface area contributed by atoms with Gasteiger partial charge in [-0.25, -0.2) is 0 Å². The van der Waals surface area contributed by atoms with Crippen molar-refractivity contribution in [2.45, 2.75) is 38.1 Å². The molecule has 2 unspecified atom stereocenters. The minimum absolute atomic E-state index is 0.0511. The van der Waals surface area contributed by atoms with Gasteiger partial charge in [0.2, 0.25) is 5.91 Å². The fourth-order valence-electron chi connectivity index (χ4n) is 3.66. The average molecular weight is 259 g/mol. The van der Waals surface area contributed by atoms with Crippen LogP contribution in [0.4, 0.5) is 0 Å². The first-order valence-corrected chi connectivity index (χ1v) is 7.12. The second-order valence-electron chi connectivity index (χ2n) is 6.07. The van der Waals surface area contributed by atoms with Crippen molar-refractivity contribution in [2.75, 3.05) is 13.2 Å². The molecule has 1 amide bonds. The summed E-state index contributed by atoms with van der Waals surface area (Å²) in [5.74, 6) is 0.294. The number of aryl methyl sites for hydroxylation is 1. The summed E-state index contributed by atoms with van der Waals surface area (Å²) in [5.41, 5.74) is 2.22. The Balaban J connectivity index is 1.76. The Morgan fingerprint density at radius 2 is 2.11 bits per heavy atom. The summed E-state index contributed by atoms with van der Waals surface area (Å²) >= 11 is 0. The standard InChI is InChI=1S/C16H21NO2/c1-12-3-5-13(6-4-12)9-14-10-16(11-18)7-2-8-17(16)15(14)19/h3-6,14,18H,2,7-11H2,1H3. The lowest BCUT2D eigenvalue weighted by molar-refractivity contribution is -0.133. The molecule has 1 N–H and O–H groups in total. The van der Waals surface area contributed by atoms with Crippen molar-refractivity contribution in [3.05, 3.63) is 35.4 Å². The van der Waals surface area contributed by atoms with Crippen molar-refractivity contribution in [2.24, 2.45) is 5.92 Å². The molecule has 0 bridgehead atoms. The van der Waals surface area contributed by atoms with E-state index in [4.69, 9.17) is 0 Å². The highest BCUT2D eigenvalue weighted by molar-refractivity contribution is 5.83. The maximum Gasteiger partial charge on any atom is 0.226 e. The van der Waals surface area contributed by atoms with Gasteiger partial charge in [-0.05, 0) is 38.2 Å². The van der Waals surface area contributed by atoms with Gasteiger partial charge in [-0.3, -0.25) is 4.79 Å². The minimum atomic E-state index is -0.244. The van der Waals surface area contributed by atoms with E-state index in [1.807, 2.05) is 4.90 Å². The van der Waals surface area contributed by atoms with Crippen LogP contribution in [0, 0.1) is 12.8 Å². The summed E-state index contributed by atoms with van der Waals surface area (Å²) < 4.78 is 0. The van der Waals surface area contributed by atoms with Gasteiger partial charge in [0.25, 0.3) is 0 Å². The number of carbonyl (C=O) groups excluding carboxylic acids is 1. The van der Waals surface area contributed by atoms with Crippen molar-refractivity contribution >= 4 is 5.91 Å². The van der Waals surface area contributed by atoms with Crippen LogP contribution in [0.25, 0.3) is 0 Å². The van der Waals surface area contributed by atoms with Gasteiger partial charge in [0, 0.05) is 12.5 Å². The van der Waals surface area contributed by atoms with Gasteiger partial charge in [0.1, 0.15) is 0 Å². The second kappa shape index (κ2) is 4.64. The summed E-state index contributed by atoms with van der Waals surface area (Å²) in [5, 5.41) is 9.67. The number of hydrogen-bond donors (Lipinski definition) is 1. The molecular weight excluding hydrogens is 238 g/mol. The van der Waals surface area contributed by atoms with Crippen LogP contribution in [0.1, 0.15) is 30.4 Å². The highest BCUT2D eigenvalue weighted by Crippen LogP contribution is 2.43. The monoisotopic (exact) mass is 259 g/mol. The fraction of sp³-hybridized carbons (Fsp3) is 0.562. The normalized spacial score (nSPS) is 29.9. The van der Waals surface area contributed by atoms with E-state index >= 15 is 0 Å². The van der Waals surface area contributed by atoms with Crippen LogP contribution in [0.15, 0.2) is 24.3 Å². The van der Waals surface area contributed by atoms with Gasteiger partial charge in [-0.1, -0.05) is 29.8 Å². The Labute approximate surface area is 114 Å². The lowest BCUT2D eigenvalue weighted by Gasteiger charge is -2.29. The van der Waals surface area contributed by atoms with Crippen LogP contribution in [-0.4, -0.2) is 34.6 Å². The number of rotatable bonds is 3. The van der Waals surface area contributed by atoms with Crippen LogP contribution in [0.3, 0.4) is 0 Å². The molecule has 1 aromatic rings. The van der Waals surface area contributed by atoms with E-state index in [2.05, 4.69) is 31.2 Å². The van der Waals surface area contributed by atoms with Crippen LogP contribution in [0.5, 0.6) is 0 Å². The van der Waals surface area contributed by atoms with Gasteiger partial charge in [-0.15, -0.1) is 0 Å². The Morgan fingerprint density at radius 1 is 1.37 bits per heavy atom. The molecule has 2 fully saturated rings. The summed E-state index contributed by atoms with van der Waals surface area (Å²) in [6.45, 7) is 3.01. The molecule has 0 radical (unpaired) electrons. The molecule has 3 rings (SSSR count). The SMILES string of the molecule is Cc1ccc(CC2CC3(CO)CCCN3C2=O)cc1. The molecule has 2 aliphatic rings. The van der Waals surface area contributed by atoms with Crippen molar-refractivity contribution in [1.82, 2.24) is 4.90 Å². The molecule has 0 aromatic heterocycles. The van der Waals surface area contributed by atoms with Gasteiger partial charge in [-0.2, -0.15) is 0 Å². The summed E-state index contributed by atoms with van der Waals surface area (Å²) in [6.07, 6.45) is 3.61. The zero-order valence-electron chi connectivity index (χ0n) is 11.4. The Bertz CT molecular complexity index is 482. The van der Waals surface area contributed by atoms with Crippen molar-refractivity contribution < 1.29 is 9.90 Å². The maximum atomic E-state index is 12.4. The third-order valence-electron chi connectivity index (χ3n) is 4.74. The van der Waals surface area contributed by atoms with Crippen molar-refractivity contribution in [3.8, 4) is 0 Å². The number of aliphatic hydroxyl groups excluding tert-OH is 1. The van der Waals surface area contributed by atoms with E-state index in [1.165, 1.54) is 11.1 Å². The van der Waals surface area contributed by atoms with Gasteiger partial charge < -0.3 is 10.0 Å². The predicted octanol–water partition coefficient (Wildman–Crippen LogP) is 1.91. The lowest BCUT2D eigenvalue weighted by atomic mass is 9.87. The van der Waals surface area contributed by atoms with Gasteiger partial charge in [0.15, 0.2) is 0 Å². The van der Waals surface area contributed by atoms with Crippen LogP contribution in [-0.2, 0) is 11.2 Å². The molecule has 19 heavy (non-hydrogen) atoms. The number of aliphatic hydroxyl groups is 1. The molecule has 2 aliphatic heterocycles. The van der Waals surface area contributed by atoms with E-state index < -0.39 is 0 Å². The molecule has 2 saturated heterocycles. The first-order valence-electron chi connectivity index (χ1n) is 7.12. The summed E-state index contributed by atoms with van der Waals surface area (Å²) in [7, 11) is 0. The van der Waals surface area contributed by atoms with Crippen molar-refractivity contribution in [1.29, 1.82) is 0 Å². The number of carbonyl (C=O) groups is 1. The largest absolute Gasteiger partial charge is 0.394 e. The van der Waals surface area contributed by atoms with Crippen LogP contribution < -0.4 is 0 Å². The third kappa shape index (κ3) is 2.06. The summed E-state index contributed by atoms with van der Waals surface area (Å²) in [4.78, 5) is 14.4. The number of amides is 1. The maximum absolute atomic E-state index is 12.4. The molecule has 102 valence electrons. The summed E-state index contributed by atoms with van der Waals surface area (Å²) in [6, 6.07) is 8.41. The molecule has 2 atom stereocenters. The van der Waals surface area contributed by atoms with Crippen molar-refractivity contribution in [3.63, 3.8) is 0 Å². The molecule has 1 aromatic carbocycles. The molecule has 0 aliphatic carbocycles. The molecule has 3 heteroatoms. The van der Waals surface area contributed by atoms with E-state index in [1.54, 1.807) is 0 Å². The minimum Gasteiger partial charge on any atom is -0.394 e. The third-order valence-corrected chi connectivity index (χ3v) is 4.74. The number of benzene rings is 1. The number of fused-ring (bicyclic) bond motifs is 1. The Morgan fingerprint density at radius 3 is 2.74 bits per heavy atom. The van der Waals surface area contributed by atoms with Crippen LogP contribution >= 0.6 is 0 Å².